The second-order valence-corrected chi connectivity index (χ2v) is 4.71. The largest absolute Gasteiger partial charge is 0.481 e. The zero-order valence-corrected chi connectivity index (χ0v) is 11.7. The first-order valence-corrected chi connectivity index (χ1v) is 6.71. The fourth-order valence-electron chi connectivity index (χ4n) is 2.14. The predicted molar refractivity (Wildman–Crippen MR) is 76.9 cm³/mol. The summed E-state index contributed by atoms with van der Waals surface area (Å²) in [6.07, 6.45) is 1.32. The number of carbonyl (C=O) groups excluding carboxylic acids is 1. The van der Waals surface area contributed by atoms with Gasteiger partial charge in [0.25, 0.3) is 5.91 Å². The van der Waals surface area contributed by atoms with Crippen molar-refractivity contribution in [1.82, 2.24) is 4.90 Å². The van der Waals surface area contributed by atoms with Crippen LogP contribution < -0.4 is 0 Å². The number of furan rings is 1. The van der Waals surface area contributed by atoms with Crippen LogP contribution in [-0.4, -0.2) is 28.4 Å². The average molecular weight is 287 g/mol. The van der Waals surface area contributed by atoms with Crippen LogP contribution in [0.4, 0.5) is 0 Å². The molecule has 1 aromatic heterocycles. The lowest BCUT2D eigenvalue weighted by atomic mass is 10.1. The van der Waals surface area contributed by atoms with Crippen LogP contribution >= 0.6 is 0 Å². The van der Waals surface area contributed by atoms with Crippen LogP contribution in [0.2, 0.25) is 0 Å². The van der Waals surface area contributed by atoms with Gasteiger partial charge in [0.2, 0.25) is 0 Å². The number of rotatable bonds is 6. The van der Waals surface area contributed by atoms with Crippen molar-refractivity contribution in [2.45, 2.75) is 19.4 Å². The third-order valence-electron chi connectivity index (χ3n) is 3.31. The summed E-state index contributed by atoms with van der Waals surface area (Å²) >= 11 is 0. The minimum absolute atomic E-state index is 0.108. The maximum Gasteiger partial charge on any atom is 0.305 e. The van der Waals surface area contributed by atoms with Gasteiger partial charge in [-0.1, -0.05) is 30.3 Å². The standard InChI is InChI=1S/C16H17NO4/c1-12(13-6-3-2-4-7-13)17(10-9-15(18)19)16(20)14-8-5-11-21-14/h2-8,11-12H,9-10H2,1H3,(H,18,19). The highest BCUT2D eigenvalue weighted by atomic mass is 16.4. The lowest BCUT2D eigenvalue weighted by molar-refractivity contribution is -0.137. The fraction of sp³-hybridized carbons (Fsp3) is 0.250. The number of carbonyl (C=O) groups is 2. The van der Waals surface area contributed by atoms with E-state index in [1.54, 1.807) is 12.1 Å². The molecule has 1 aromatic carbocycles. The molecule has 0 aliphatic carbocycles. The van der Waals surface area contributed by atoms with Gasteiger partial charge in [0.15, 0.2) is 5.76 Å². The third kappa shape index (κ3) is 3.72. The molecule has 0 fully saturated rings. The van der Waals surface area contributed by atoms with Crippen molar-refractivity contribution in [1.29, 1.82) is 0 Å². The van der Waals surface area contributed by atoms with Gasteiger partial charge in [-0.15, -0.1) is 0 Å². The van der Waals surface area contributed by atoms with E-state index in [4.69, 9.17) is 9.52 Å². The summed E-state index contributed by atoms with van der Waals surface area (Å²) in [5, 5.41) is 8.87. The summed E-state index contributed by atoms with van der Waals surface area (Å²) < 4.78 is 5.13. The van der Waals surface area contributed by atoms with Gasteiger partial charge >= 0.3 is 5.97 Å². The zero-order chi connectivity index (χ0) is 15.2. The molecule has 21 heavy (non-hydrogen) atoms. The fourth-order valence-corrected chi connectivity index (χ4v) is 2.14. The number of hydrogen-bond acceptors (Lipinski definition) is 3. The summed E-state index contributed by atoms with van der Waals surface area (Å²) in [6.45, 7) is 2.00. The van der Waals surface area contributed by atoms with Crippen molar-refractivity contribution in [3.8, 4) is 0 Å². The monoisotopic (exact) mass is 287 g/mol. The van der Waals surface area contributed by atoms with Gasteiger partial charge < -0.3 is 14.4 Å². The number of aliphatic carboxylic acids is 1. The predicted octanol–water partition coefficient (Wildman–Crippen LogP) is 2.96. The number of amides is 1. The van der Waals surface area contributed by atoms with Gasteiger partial charge in [0.05, 0.1) is 18.7 Å². The summed E-state index contributed by atoms with van der Waals surface area (Å²) in [4.78, 5) is 24.8. The van der Waals surface area contributed by atoms with Gasteiger partial charge in [-0.3, -0.25) is 9.59 Å². The highest BCUT2D eigenvalue weighted by Crippen LogP contribution is 2.22. The van der Waals surface area contributed by atoms with Crippen LogP contribution in [0.25, 0.3) is 0 Å². The van der Waals surface area contributed by atoms with Crippen molar-refractivity contribution in [3.63, 3.8) is 0 Å². The molecule has 1 unspecified atom stereocenters. The summed E-state index contributed by atoms with van der Waals surface area (Å²) in [6, 6.07) is 12.5. The Morgan fingerprint density at radius 1 is 1.19 bits per heavy atom. The maximum atomic E-state index is 12.5. The molecule has 2 aromatic rings. The summed E-state index contributed by atoms with van der Waals surface area (Å²) in [7, 11) is 0. The lowest BCUT2D eigenvalue weighted by Gasteiger charge is -2.28. The zero-order valence-electron chi connectivity index (χ0n) is 11.7. The average Bonchev–Trinajstić information content (AvgIpc) is 3.02. The van der Waals surface area contributed by atoms with Gasteiger partial charge in [-0.25, -0.2) is 0 Å². The van der Waals surface area contributed by atoms with E-state index in [1.807, 2.05) is 37.3 Å². The first-order valence-electron chi connectivity index (χ1n) is 6.71. The van der Waals surface area contributed by atoms with Gasteiger partial charge in [-0.05, 0) is 24.6 Å². The molecule has 1 amide bonds. The van der Waals surface area contributed by atoms with Gasteiger partial charge in [0.1, 0.15) is 0 Å². The molecule has 1 N–H and O–H groups in total. The minimum Gasteiger partial charge on any atom is -0.481 e. The van der Waals surface area contributed by atoms with Gasteiger partial charge in [0, 0.05) is 6.54 Å². The SMILES string of the molecule is CC(c1ccccc1)N(CCC(=O)O)C(=O)c1ccco1. The van der Waals surface area contributed by atoms with E-state index in [0.717, 1.165) is 5.56 Å². The van der Waals surface area contributed by atoms with E-state index in [-0.39, 0.29) is 30.7 Å². The van der Waals surface area contributed by atoms with Crippen molar-refractivity contribution >= 4 is 11.9 Å². The van der Waals surface area contributed by atoms with E-state index in [0.29, 0.717) is 0 Å². The smallest absolute Gasteiger partial charge is 0.305 e. The van der Waals surface area contributed by atoms with Crippen LogP contribution in [0, 0.1) is 0 Å². The minimum atomic E-state index is -0.937. The molecular weight excluding hydrogens is 270 g/mol. The second kappa shape index (κ2) is 6.74. The molecule has 0 saturated carbocycles. The van der Waals surface area contributed by atoms with Gasteiger partial charge in [-0.2, -0.15) is 0 Å². The molecule has 2 rings (SSSR count). The molecule has 0 saturated heterocycles. The van der Waals surface area contributed by atoms with E-state index >= 15 is 0 Å². The number of nitrogens with zero attached hydrogens (tertiary/aromatic N) is 1. The van der Waals surface area contributed by atoms with Crippen molar-refractivity contribution in [3.05, 3.63) is 60.1 Å². The number of hydrogen-bond donors (Lipinski definition) is 1. The Kier molecular flexibility index (Phi) is 4.77. The molecule has 1 atom stereocenters. The van der Waals surface area contributed by atoms with E-state index < -0.39 is 5.97 Å². The van der Waals surface area contributed by atoms with Crippen molar-refractivity contribution < 1.29 is 19.1 Å². The molecule has 1 heterocycles. The van der Waals surface area contributed by atoms with Crippen LogP contribution in [-0.2, 0) is 4.79 Å². The summed E-state index contributed by atoms with van der Waals surface area (Å²) in [5.41, 5.74) is 0.947. The first kappa shape index (κ1) is 14.8. The summed E-state index contributed by atoms with van der Waals surface area (Å²) in [5.74, 6) is -1.03. The highest BCUT2D eigenvalue weighted by Gasteiger charge is 2.24. The van der Waals surface area contributed by atoms with E-state index in [1.165, 1.54) is 11.2 Å². The Hall–Kier alpha value is -2.56. The Labute approximate surface area is 122 Å². The number of carboxylic acids is 1. The molecule has 5 nitrogen and oxygen atoms in total. The van der Waals surface area contributed by atoms with Crippen LogP contribution in [0.15, 0.2) is 53.1 Å². The normalized spacial score (nSPS) is 11.9. The Morgan fingerprint density at radius 3 is 2.48 bits per heavy atom. The van der Waals surface area contributed by atoms with Crippen LogP contribution in [0.5, 0.6) is 0 Å². The molecule has 0 bridgehead atoms. The van der Waals surface area contributed by atoms with Crippen LogP contribution in [0.1, 0.15) is 35.5 Å². The molecule has 110 valence electrons. The number of benzene rings is 1. The van der Waals surface area contributed by atoms with Crippen molar-refractivity contribution in [2.24, 2.45) is 0 Å². The molecule has 0 aliphatic heterocycles. The highest BCUT2D eigenvalue weighted by molar-refractivity contribution is 5.92. The van der Waals surface area contributed by atoms with E-state index in [9.17, 15) is 9.59 Å². The molecule has 0 radical (unpaired) electrons. The van der Waals surface area contributed by atoms with Crippen LogP contribution in [0.3, 0.4) is 0 Å². The molecule has 0 spiro atoms. The topological polar surface area (TPSA) is 70.8 Å². The maximum absolute atomic E-state index is 12.5. The molecule has 0 aliphatic rings. The quantitative estimate of drug-likeness (QED) is 0.886. The van der Waals surface area contributed by atoms with Crippen molar-refractivity contribution in [2.75, 3.05) is 6.54 Å². The third-order valence-corrected chi connectivity index (χ3v) is 3.31. The Bertz CT molecular complexity index is 592. The first-order chi connectivity index (χ1) is 10.1. The Morgan fingerprint density at radius 2 is 1.90 bits per heavy atom. The second-order valence-electron chi connectivity index (χ2n) is 4.71. The Balaban J connectivity index is 2.23. The van der Waals surface area contributed by atoms with E-state index in [2.05, 4.69) is 0 Å². The number of carboxylic acid groups (broad SMARTS) is 1. The molecule has 5 heteroatoms. The molecular formula is C16H17NO4. The lowest BCUT2D eigenvalue weighted by Crippen LogP contribution is -2.35.